The fraction of sp³-hybridized carbons (Fsp3) is 0.889. The van der Waals surface area contributed by atoms with Gasteiger partial charge in [-0.2, -0.15) is 0 Å². The van der Waals surface area contributed by atoms with Gasteiger partial charge >= 0.3 is 5.97 Å². The number of carbonyl (C=O) groups excluding carboxylic acids is 1. The first-order valence-electron chi connectivity index (χ1n) is 4.54. The zero-order chi connectivity index (χ0) is 9.56. The fourth-order valence-electron chi connectivity index (χ4n) is 1.12. The van der Waals surface area contributed by atoms with Crippen molar-refractivity contribution in [3.8, 4) is 0 Å². The van der Waals surface area contributed by atoms with Gasteiger partial charge in [0.25, 0.3) is 0 Å². The van der Waals surface area contributed by atoms with Crippen LogP contribution in [0.3, 0.4) is 0 Å². The Labute approximate surface area is 74.7 Å². The molecule has 0 aromatic rings. The Balaban J connectivity index is 4.04. The summed E-state index contributed by atoms with van der Waals surface area (Å²) in [6, 6.07) is -0.0741. The minimum absolute atomic E-state index is 0.0741. The maximum Gasteiger partial charge on any atom is 0.323 e. The first-order valence-corrected chi connectivity index (χ1v) is 4.54. The Morgan fingerprint density at radius 2 is 2.00 bits per heavy atom. The molecule has 3 heteroatoms. The van der Waals surface area contributed by atoms with Crippen LogP contribution in [0.25, 0.3) is 0 Å². The summed E-state index contributed by atoms with van der Waals surface area (Å²) in [4.78, 5) is 13.3. The molecule has 0 N–H and O–H groups in total. The highest BCUT2D eigenvalue weighted by atomic mass is 16.5. The first-order chi connectivity index (χ1) is 5.67. The van der Waals surface area contributed by atoms with E-state index in [1.165, 1.54) is 0 Å². The number of hydrogen-bond acceptors (Lipinski definition) is 3. The van der Waals surface area contributed by atoms with Crippen LogP contribution in [0.2, 0.25) is 0 Å². The Hall–Kier alpha value is -0.570. The zero-order valence-corrected chi connectivity index (χ0v) is 8.46. The molecule has 0 spiro atoms. The van der Waals surface area contributed by atoms with Crippen LogP contribution < -0.4 is 0 Å². The smallest absolute Gasteiger partial charge is 0.323 e. The Kier molecular flexibility index (Phi) is 5.72. The van der Waals surface area contributed by atoms with Gasteiger partial charge in [-0.05, 0) is 26.9 Å². The molecule has 0 amide bonds. The molecule has 0 aliphatic rings. The van der Waals surface area contributed by atoms with Crippen molar-refractivity contribution in [2.24, 2.45) is 0 Å². The lowest BCUT2D eigenvalue weighted by atomic mass is 10.2. The largest absolute Gasteiger partial charge is 0.465 e. The predicted molar refractivity (Wildman–Crippen MR) is 49.0 cm³/mol. The van der Waals surface area contributed by atoms with Crippen LogP contribution in [0.15, 0.2) is 0 Å². The van der Waals surface area contributed by atoms with Crippen LogP contribution in [0, 0.1) is 0 Å². The van der Waals surface area contributed by atoms with Gasteiger partial charge in [0.2, 0.25) is 0 Å². The predicted octanol–water partition coefficient (Wildman–Crippen LogP) is 1.28. The molecule has 0 heterocycles. The summed E-state index contributed by atoms with van der Waals surface area (Å²) < 4.78 is 4.94. The summed E-state index contributed by atoms with van der Waals surface area (Å²) in [5.41, 5.74) is 0. The normalized spacial score (nSPS) is 13.1. The standard InChI is InChI=1S/C9H19NO2/c1-5-8(10(4)6-2)9(11)12-7-3/h8H,5-7H2,1-4H3. The summed E-state index contributed by atoms with van der Waals surface area (Å²) in [5, 5.41) is 0. The fourth-order valence-corrected chi connectivity index (χ4v) is 1.12. The molecule has 0 saturated heterocycles. The van der Waals surface area contributed by atoms with Gasteiger partial charge in [-0.1, -0.05) is 13.8 Å². The number of rotatable bonds is 5. The number of nitrogens with zero attached hydrogens (tertiary/aromatic N) is 1. The lowest BCUT2D eigenvalue weighted by Gasteiger charge is -2.23. The van der Waals surface area contributed by atoms with Crippen LogP contribution in [-0.2, 0) is 9.53 Å². The molecule has 0 aliphatic carbocycles. The van der Waals surface area contributed by atoms with Crippen LogP contribution in [-0.4, -0.2) is 37.1 Å². The molecule has 0 fully saturated rings. The number of carbonyl (C=O) groups is 1. The molecular formula is C9H19NO2. The molecule has 0 aliphatic heterocycles. The SMILES string of the molecule is CCOC(=O)C(CC)N(C)CC. The van der Waals surface area contributed by atoms with Crippen molar-refractivity contribution in [2.45, 2.75) is 33.2 Å². The summed E-state index contributed by atoms with van der Waals surface area (Å²) in [6.45, 7) is 7.19. The second-order valence-corrected chi connectivity index (χ2v) is 2.75. The molecule has 1 atom stereocenters. The average Bonchev–Trinajstić information content (AvgIpc) is 2.06. The molecule has 0 aromatic carbocycles. The van der Waals surface area contributed by atoms with E-state index >= 15 is 0 Å². The summed E-state index contributed by atoms with van der Waals surface area (Å²) in [6.07, 6.45) is 0.809. The molecule has 0 saturated carbocycles. The van der Waals surface area contributed by atoms with E-state index in [2.05, 4.69) is 0 Å². The third kappa shape index (κ3) is 3.22. The van der Waals surface area contributed by atoms with Crippen LogP contribution >= 0.6 is 0 Å². The van der Waals surface area contributed by atoms with Gasteiger partial charge in [-0.3, -0.25) is 9.69 Å². The van der Waals surface area contributed by atoms with Crippen molar-refractivity contribution in [3.63, 3.8) is 0 Å². The molecule has 12 heavy (non-hydrogen) atoms. The Morgan fingerprint density at radius 3 is 2.33 bits per heavy atom. The van der Waals surface area contributed by atoms with Gasteiger partial charge < -0.3 is 4.74 Å². The maximum absolute atomic E-state index is 11.3. The monoisotopic (exact) mass is 173 g/mol. The highest BCUT2D eigenvalue weighted by molar-refractivity contribution is 5.75. The third-order valence-electron chi connectivity index (χ3n) is 1.98. The molecule has 0 bridgehead atoms. The van der Waals surface area contributed by atoms with Crippen molar-refractivity contribution >= 4 is 5.97 Å². The number of ether oxygens (including phenoxy) is 1. The molecule has 1 unspecified atom stereocenters. The second kappa shape index (κ2) is 6.00. The van der Waals surface area contributed by atoms with Crippen LogP contribution in [0.5, 0.6) is 0 Å². The van der Waals surface area contributed by atoms with Crippen molar-refractivity contribution in [3.05, 3.63) is 0 Å². The van der Waals surface area contributed by atoms with E-state index in [1.807, 2.05) is 32.7 Å². The Morgan fingerprint density at radius 1 is 1.42 bits per heavy atom. The Bertz CT molecular complexity index is 136. The topological polar surface area (TPSA) is 29.5 Å². The second-order valence-electron chi connectivity index (χ2n) is 2.75. The quantitative estimate of drug-likeness (QED) is 0.586. The molecular weight excluding hydrogens is 154 g/mol. The van der Waals surface area contributed by atoms with E-state index in [-0.39, 0.29) is 12.0 Å². The van der Waals surface area contributed by atoms with Crippen molar-refractivity contribution in [2.75, 3.05) is 20.2 Å². The van der Waals surface area contributed by atoms with E-state index < -0.39 is 0 Å². The van der Waals surface area contributed by atoms with Gasteiger partial charge in [-0.15, -0.1) is 0 Å². The number of esters is 1. The van der Waals surface area contributed by atoms with E-state index in [0.29, 0.717) is 6.61 Å². The highest BCUT2D eigenvalue weighted by Crippen LogP contribution is 2.03. The van der Waals surface area contributed by atoms with Gasteiger partial charge in [0.1, 0.15) is 6.04 Å². The van der Waals surface area contributed by atoms with E-state index in [9.17, 15) is 4.79 Å². The van der Waals surface area contributed by atoms with Crippen molar-refractivity contribution < 1.29 is 9.53 Å². The third-order valence-corrected chi connectivity index (χ3v) is 1.98. The van der Waals surface area contributed by atoms with E-state index in [4.69, 9.17) is 4.74 Å². The summed E-state index contributed by atoms with van der Waals surface area (Å²) in [5.74, 6) is -0.107. The first kappa shape index (κ1) is 11.4. The number of likely N-dealkylation sites (N-methyl/N-ethyl adjacent to an activating group) is 1. The lowest BCUT2D eigenvalue weighted by molar-refractivity contribution is -0.149. The molecule has 0 radical (unpaired) electrons. The van der Waals surface area contributed by atoms with Gasteiger partial charge in [-0.25, -0.2) is 0 Å². The minimum atomic E-state index is -0.107. The maximum atomic E-state index is 11.3. The van der Waals surface area contributed by atoms with Crippen molar-refractivity contribution in [1.82, 2.24) is 4.90 Å². The van der Waals surface area contributed by atoms with Crippen LogP contribution in [0.1, 0.15) is 27.2 Å². The zero-order valence-electron chi connectivity index (χ0n) is 8.46. The summed E-state index contributed by atoms with van der Waals surface area (Å²) in [7, 11) is 1.94. The molecule has 72 valence electrons. The van der Waals surface area contributed by atoms with Crippen LogP contribution in [0.4, 0.5) is 0 Å². The average molecular weight is 173 g/mol. The molecule has 0 rings (SSSR count). The molecule has 0 aromatic heterocycles. The van der Waals surface area contributed by atoms with E-state index in [0.717, 1.165) is 13.0 Å². The number of hydrogen-bond donors (Lipinski definition) is 0. The van der Waals surface area contributed by atoms with Gasteiger partial charge in [0.05, 0.1) is 6.61 Å². The molecule has 3 nitrogen and oxygen atoms in total. The van der Waals surface area contributed by atoms with Crippen molar-refractivity contribution in [1.29, 1.82) is 0 Å². The van der Waals surface area contributed by atoms with Gasteiger partial charge in [0.15, 0.2) is 0 Å². The van der Waals surface area contributed by atoms with E-state index in [1.54, 1.807) is 0 Å². The summed E-state index contributed by atoms with van der Waals surface area (Å²) >= 11 is 0. The highest BCUT2D eigenvalue weighted by Gasteiger charge is 2.20. The lowest BCUT2D eigenvalue weighted by Crippen LogP contribution is -2.38. The minimum Gasteiger partial charge on any atom is -0.465 e. The van der Waals surface area contributed by atoms with Gasteiger partial charge in [0, 0.05) is 0 Å².